The van der Waals surface area contributed by atoms with Crippen LogP contribution in [-0.2, 0) is 11.2 Å². The molecule has 0 aromatic heterocycles. The van der Waals surface area contributed by atoms with Crippen molar-refractivity contribution < 1.29 is 9.90 Å². The van der Waals surface area contributed by atoms with Gasteiger partial charge in [-0.15, -0.1) is 11.8 Å². The average Bonchev–Trinajstić information content (AvgIpc) is 2.62. The number of benzene rings is 1. The first-order chi connectivity index (χ1) is 7.59. The summed E-state index contributed by atoms with van der Waals surface area (Å²) >= 11 is 1.68. The molecule has 0 aliphatic carbocycles. The molecule has 1 unspecified atom stereocenters. The summed E-state index contributed by atoms with van der Waals surface area (Å²) in [6.45, 7) is 2.06. The van der Waals surface area contributed by atoms with Gasteiger partial charge in [0.1, 0.15) is 6.04 Å². The quantitative estimate of drug-likeness (QED) is 0.840. The minimum Gasteiger partial charge on any atom is -0.480 e. The molecule has 0 saturated carbocycles. The molecule has 1 aromatic carbocycles. The average molecular weight is 237 g/mol. The number of carboxylic acids is 1. The van der Waals surface area contributed by atoms with Crippen LogP contribution < -0.4 is 5.32 Å². The van der Waals surface area contributed by atoms with Gasteiger partial charge in [-0.25, -0.2) is 0 Å². The Bertz CT molecular complexity index is 382. The predicted molar refractivity (Wildman–Crippen MR) is 65.6 cm³/mol. The molecule has 0 radical (unpaired) electrons. The lowest BCUT2D eigenvalue weighted by Crippen LogP contribution is -2.44. The Hall–Kier alpha value is -1.00. The molecule has 2 N–H and O–H groups in total. The van der Waals surface area contributed by atoms with E-state index in [9.17, 15) is 4.79 Å². The second-order valence-electron chi connectivity index (χ2n) is 4.24. The van der Waals surface area contributed by atoms with Gasteiger partial charge in [-0.05, 0) is 18.9 Å². The highest BCUT2D eigenvalue weighted by atomic mass is 32.2. The van der Waals surface area contributed by atoms with Crippen LogP contribution in [0, 0.1) is 0 Å². The summed E-state index contributed by atoms with van der Waals surface area (Å²) in [6, 6.07) is 9.73. The molecular formula is C12H15NO2S. The zero-order valence-electron chi connectivity index (χ0n) is 9.14. The van der Waals surface area contributed by atoms with Gasteiger partial charge in [-0.1, -0.05) is 30.3 Å². The second kappa shape index (κ2) is 4.47. The normalized spacial score (nSPS) is 29.2. The van der Waals surface area contributed by atoms with Gasteiger partial charge in [0.2, 0.25) is 0 Å². The fourth-order valence-corrected chi connectivity index (χ4v) is 3.19. The van der Waals surface area contributed by atoms with Crippen LogP contribution in [0.3, 0.4) is 0 Å². The molecule has 1 heterocycles. The molecule has 86 valence electrons. The molecule has 1 fully saturated rings. The first kappa shape index (κ1) is 11.5. The Morgan fingerprint density at radius 3 is 2.81 bits per heavy atom. The predicted octanol–water partition coefficient (Wildman–Crippen LogP) is 1.73. The zero-order chi connectivity index (χ0) is 11.6. The van der Waals surface area contributed by atoms with Gasteiger partial charge in [-0.3, -0.25) is 10.1 Å². The molecule has 3 nitrogen and oxygen atoms in total. The Labute approximate surface area is 99.2 Å². The number of hydrogen-bond acceptors (Lipinski definition) is 3. The van der Waals surface area contributed by atoms with Crippen molar-refractivity contribution in [1.29, 1.82) is 0 Å². The first-order valence-corrected chi connectivity index (χ1v) is 6.26. The maximum atomic E-state index is 10.9. The molecule has 1 aromatic rings. The van der Waals surface area contributed by atoms with E-state index in [4.69, 9.17) is 5.11 Å². The van der Waals surface area contributed by atoms with E-state index in [0.29, 0.717) is 5.75 Å². The fraction of sp³-hybridized carbons (Fsp3) is 0.417. The van der Waals surface area contributed by atoms with Crippen LogP contribution in [-0.4, -0.2) is 27.7 Å². The number of carboxylic acid groups (broad SMARTS) is 1. The van der Waals surface area contributed by atoms with Gasteiger partial charge >= 0.3 is 5.97 Å². The number of thioether (sulfide) groups is 1. The number of nitrogens with one attached hydrogen (secondary N) is 1. The molecule has 4 heteroatoms. The lowest BCUT2D eigenvalue weighted by atomic mass is 10.1. The highest BCUT2D eigenvalue weighted by molar-refractivity contribution is 8.00. The van der Waals surface area contributed by atoms with E-state index in [2.05, 4.69) is 24.4 Å². The Kier molecular flexibility index (Phi) is 3.21. The number of rotatable bonds is 3. The summed E-state index contributed by atoms with van der Waals surface area (Å²) in [5.41, 5.74) is 1.23. The molecule has 16 heavy (non-hydrogen) atoms. The Balaban J connectivity index is 2.03. The summed E-state index contributed by atoms with van der Waals surface area (Å²) in [4.78, 5) is 10.7. The SMILES string of the molecule is CC1(Cc2ccccc2)N[C@@H](C(=O)O)CS1. The van der Waals surface area contributed by atoms with Gasteiger partial charge in [0, 0.05) is 5.75 Å². The van der Waals surface area contributed by atoms with Crippen molar-refractivity contribution in [3.63, 3.8) is 0 Å². The monoisotopic (exact) mass is 237 g/mol. The van der Waals surface area contributed by atoms with E-state index in [1.807, 2.05) is 18.2 Å². The van der Waals surface area contributed by atoms with Crippen molar-refractivity contribution in [3.05, 3.63) is 35.9 Å². The van der Waals surface area contributed by atoms with E-state index in [0.717, 1.165) is 6.42 Å². The lowest BCUT2D eigenvalue weighted by Gasteiger charge is -2.24. The van der Waals surface area contributed by atoms with E-state index >= 15 is 0 Å². The lowest BCUT2D eigenvalue weighted by molar-refractivity contribution is -0.138. The number of aliphatic carboxylic acids is 1. The van der Waals surface area contributed by atoms with E-state index in [-0.39, 0.29) is 4.87 Å². The Morgan fingerprint density at radius 1 is 1.56 bits per heavy atom. The molecule has 2 atom stereocenters. The standard InChI is InChI=1S/C12H15NO2S/c1-12(7-9-5-3-2-4-6-9)13-10(8-16-12)11(14)15/h2-6,10,13H,7-8H2,1H3,(H,14,15)/t10-,12?/m1/s1. The van der Waals surface area contributed by atoms with Crippen molar-refractivity contribution in [1.82, 2.24) is 5.32 Å². The molecule has 0 bridgehead atoms. The summed E-state index contributed by atoms with van der Waals surface area (Å²) in [7, 11) is 0. The molecule has 2 rings (SSSR count). The first-order valence-electron chi connectivity index (χ1n) is 5.27. The summed E-state index contributed by atoms with van der Waals surface area (Å²) in [5.74, 6) is -0.122. The van der Waals surface area contributed by atoms with Crippen LogP contribution in [0.25, 0.3) is 0 Å². The Morgan fingerprint density at radius 2 is 2.25 bits per heavy atom. The molecular weight excluding hydrogens is 222 g/mol. The minimum atomic E-state index is -0.760. The smallest absolute Gasteiger partial charge is 0.321 e. The highest BCUT2D eigenvalue weighted by Crippen LogP contribution is 2.33. The second-order valence-corrected chi connectivity index (χ2v) is 5.76. The summed E-state index contributed by atoms with van der Waals surface area (Å²) in [6.07, 6.45) is 0.849. The van der Waals surface area contributed by atoms with Gasteiger partial charge < -0.3 is 5.11 Å². The molecule has 0 amide bonds. The van der Waals surface area contributed by atoms with Gasteiger partial charge in [0.25, 0.3) is 0 Å². The van der Waals surface area contributed by atoms with Crippen molar-refractivity contribution in [2.24, 2.45) is 0 Å². The van der Waals surface area contributed by atoms with Crippen LogP contribution in [0.4, 0.5) is 0 Å². The summed E-state index contributed by atoms with van der Waals surface area (Å²) in [5, 5.41) is 12.1. The molecule has 0 spiro atoms. The third-order valence-electron chi connectivity index (χ3n) is 2.73. The zero-order valence-corrected chi connectivity index (χ0v) is 9.96. The molecule has 1 aliphatic heterocycles. The van der Waals surface area contributed by atoms with Gasteiger partial charge in [0.15, 0.2) is 0 Å². The van der Waals surface area contributed by atoms with E-state index in [1.54, 1.807) is 11.8 Å². The van der Waals surface area contributed by atoms with Crippen LogP contribution in [0.1, 0.15) is 12.5 Å². The number of carbonyl (C=O) groups is 1. The van der Waals surface area contributed by atoms with Crippen molar-refractivity contribution >= 4 is 17.7 Å². The van der Waals surface area contributed by atoms with Crippen LogP contribution in [0.15, 0.2) is 30.3 Å². The molecule has 1 aliphatic rings. The largest absolute Gasteiger partial charge is 0.480 e. The van der Waals surface area contributed by atoms with E-state index in [1.165, 1.54) is 5.56 Å². The topological polar surface area (TPSA) is 49.3 Å². The third kappa shape index (κ3) is 2.57. The fourth-order valence-electron chi connectivity index (χ4n) is 1.94. The van der Waals surface area contributed by atoms with Gasteiger partial charge in [-0.2, -0.15) is 0 Å². The highest BCUT2D eigenvalue weighted by Gasteiger charge is 2.38. The van der Waals surface area contributed by atoms with Gasteiger partial charge in [0.05, 0.1) is 4.87 Å². The molecule has 1 saturated heterocycles. The van der Waals surface area contributed by atoms with Crippen LogP contribution in [0.2, 0.25) is 0 Å². The van der Waals surface area contributed by atoms with Crippen molar-refractivity contribution in [3.8, 4) is 0 Å². The maximum absolute atomic E-state index is 10.9. The van der Waals surface area contributed by atoms with E-state index < -0.39 is 12.0 Å². The minimum absolute atomic E-state index is 0.162. The third-order valence-corrected chi connectivity index (χ3v) is 4.13. The van der Waals surface area contributed by atoms with Crippen molar-refractivity contribution in [2.75, 3.05) is 5.75 Å². The van der Waals surface area contributed by atoms with Crippen molar-refractivity contribution in [2.45, 2.75) is 24.3 Å². The summed E-state index contributed by atoms with van der Waals surface area (Å²) < 4.78 is 0. The van der Waals surface area contributed by atoms with Crippen LogP contribution in [0.5, 0.6) is 0 Å². The van der Waals surface area contributed by atoms with Crippen LogP contribution >= 0.6 is 11.8 Å². The number of hydrogen-bond donors (Lipinski definition) is 2. The maximum Gasteiger partial charge on any atom is 0.321 e.